The molecule has 0 heterocycles. The van der Waals surface area contributed by atoms with E-state index in [-0.39, 0.29) is 6.54 Å². The van der Waals surface area contributed by atoms with Crippen molar-refractivity contribution in [3.63, 3.8) is 0 Å². The Bertz CT molecular complexity index is 1060. The molecule has 0 aliphatic carbocycles. The molecular weight excluding hydrogens is 364 g/mol. The molecule has 1 N–H and O–H groups in total. The number of ether oxygens (including phenoxy) is 1. The van der Waals surface area contributed by atoms with Gasteiger partial charge in [-0.05, 0) is 47.2 Å². The van der Waals surface area contributed by atoms with E-state index in [1.807, 2.05) is 36.4 Å². The van der Waals surface area contributed by atoms with Crippen LogP contribution in [0.15, 0.2) is 66.7 Å². The van der Waals surface area contributed by atoms with Gasteiger partial charge in [-0.2, -0.15) is 0 Å². The zero-order valence-electron chi connectivity index (χ0n) is 15.0. The van der Waals surface area contributed by atoms with Crippen LogP contribution < -0.4 is 14.4 Å². The molecule has 3 aromatic rings. The molecule has 6 nitrogen and oxygen atoms in total. The lowest BCUT2D eigenvalue weighted by Crippen LogP contribution is -2.37. The first-order valence-corrected chi connectivity index (χ1v) is 10.1. The van der Waals surface area contributed by atoms with Gasteiger partial charge in [-0.1, -0.05) is 30.3 Å². The second kappa shape index (κ2) is 7.67. The fraction of sp³-hybridized carbons (Fsp3) is 0.150. The third-order valence-corrected chi connectivity index (χ3v) is 5.22. The first-order valence-electron chi connectivity index (χ1n) is 8.27. The van der Waals surface area contributed by atoms with Crippen molar-refractivity contribution in [3.05, 3.63) is 66.7 Å². The van der Waals surface area contributed by atoms with Crippen molar-refractivity contribution in [1.29, 1.82) is 0 Å². The number of nitrogens with zero attached hydrogens (tertiary/aromatic N) is 1. The number of nitrogens with one attached hydrogen (secondary N) is 1. The largest absolute Gasteiger partial charge is 0.497 e. The minimum absolute atomic E-state index is 0.321. The highest BCUT2D eigenvalue weighted by atomic mass is 32.2. The van der Waals surface area contributed by atoms with Gasteiger partial charge in [0.15, 0.2) is 0 Å². The quantitative estimate of drug-likeness (QED) is 0.708. The van der Waals surface area contributed by atoms with Crippen molar-refractivity contribution < 1.29 is 17.9 Å². The standard InChI is InChI=1S/C20H20N2O4S/c1-26-19-11-9-18(10-12-19)22(27(2,24)25)14-20(23)21-17-8-7-15-5-3-4-6-16(15)13-17/h3-13H,14H2,1-2H3,(H,21,23). The molecule has 0 aromatic heterocycles. The van der Waals surface area contributed by atoms with Gasteiger partial charge in [0.2, 0.25) is 15.9 Å². The molecule has 0 unspecified atom stereocenters. The highest BCUT2D eigenvalue weighted by molar-refractivity contribution is 7.92. The monoisotopic (exact) mass is 384 g/mol. The molecular formula is C20H20N2O4S. The molecule has 0 atom stereocenters. The van der Waals surface area contributed by atoms with Gasteiger partial charge in [-0.3, -0.25) is 9.10 Å². The molecule has 7 heteroatoms. The van der Waals surface area contributed by atoms with Crippen LogP contribution in [0.2, 0.25) is 0 Å². The second-order valence-corrected chi connectivity index (χ2v) is 7.98. The van der Waals surface area contributed by atoms with Crippen LogP contribution in [0.3, 0.4) is 0 Å². The van der Waals surface area contributed by atoms with Crippen LogP contribution >= 0.6 is 0 Å². The summed E-state index contributed by atoms with van der Waals surface area (Å²) in [6.07, 6.45) is 1.07. The molecule has 3 aromatic carbocycles. The Kier molecular flexibility index (Phi) is 5.32. The summed E-state index contributed by atoms with van der Waals surface area (Å²) in [5.74, 6) is 0.180. The van der Waals surface area contributed by atoms with Crippen LogP contribution in [-0.2, 0) is 14.8 Å². The number of amides is 1. The number of sulfonamides is 1. The Hall–Kier alpha value is -3.06. The summed E-state index contributed by atoms with van der Waals surface area (Å²) in [5.41, 5.74) is 1.01. The van der Waals surface area contributed by atoms with Crippen molar-refractivity contribution in [2.24, 2.45) is 0 Å². The Morgan fingerprint density at radius 3 is 2.30 bits per heavy atom. The van der Waals surface area contributed by atoms with E-state index >= 15 is 0 Å². The SMILES string of the molecule is COc1ccc(N(CC(=O)Nc2ccc3ccccc3c2)S(C)(=O)=O)cc1. The molecule has 0 saturated heterocycles. The van der Waals surface area contributed by atoms with Crippen molar-refractivity contribution in [2.45, 2.75) is 0 Å². The third-order valence-electron chi connectivity index (χ3n) is 4.08. The van der Waals surface area contributed by atoms with Gasteiger partial charge >= 0.3 is 0 Å². The summed E-state index contributed by atoms with van der Waals surface area (Å²) < 4.78 is 30.5. The maximum atomic E-state index is 12.5. The van der Waals surface area contributed by atoms with Crippen LogP contribution in [0.5, 0.6) is 5.75 Å². The topological polar surface area (TPSA) is 75.7 Å². The maximum Gasteiger partial charge on any atom is 0.245 e. The van der Waals surface area contributed by atoms with Crippen LogP contribution in [0.25, 0.3) is 10.8 Å². The Labute approximate surface area is 158 Å². The fourth-order valence-electron chi connectivity index (χ4n) is 2.75. The minimum Gasteiger partial charge on any atom is -0.497 e. The number of hydrogen-bond acceptors (Lipinski definition) is 4. The van der Waals surface area contributed by atoms with Gasteiger partial charge in [0, 0.05) is 5.69 Å². The van der Waals surface area contributed by atoms with Crippen molar-refractivity contribution in [3.8, 4) is 5.75 Å². The van der Waals surface area contributed by atoms with E-state index in [4.69, 9.17) is 4.74 Å². The smallest absolute Gasteiger partial charge is 0.245 e. The highest BCUT2D eigenvalue weighted by Crippen LogP contribution is 2.22. The van der Waals surface area contributed by atoms with E-state index in [2.05, 4.69) is 5.32 Å². The van der Waals surface area contributed by atoms with Crippen LogP contribution in [-0.4, -0.2) is 34.2 Å². The highest BCUT2D eigenvalue weighted by Gasteiger charge is 2.21. The number of rotatable bonds is 6. The van der Waals surface area contributed by atoms with Crippen LogP contribution in [0.4, 0.5) is 11.4 Å². The average molecular weight is 384 g/mol. The zero-order valence-corrected chi connectivity index (χ0v) is 15.9. The zero-order chi connectivity index (χ0) is 19.4. The van der Waals surface area contributed by atoms with E-state index in [1.165, 1.54) is 7.11 Å². The number of methoxy groups -OCH3 is 1. The summed E-state index contributed by atoms with van der Waals surface area (Å²) in [6.45, 7) is -0.321. The fourth-order valence-corrected chi connectivity index (χ4v) is 3.60. The molecule has 0 bridgehead atoms. The molecule has 0 fully saturated rings. The number of benzene rings is 3. The van der Waals surface area contributed by atoms with Crippen LogP contribution in [0.1, 0.15) is 0 Å². The molecule has 0 aliphatic heterocycles. The van der Waals surface area contributed by atoms with E-state index < -0.39 is 15.9 Å². The molecule has 140 valence electrons. The summed E-state index contributed by atoms with van der Waals surface area (Å²) >= 11 is 0. The summed E-state index contributed by atoms with van der Waals surface area (Å²) in [6, 6.07) is 19.8. The second-order valence-electron chi connectivity index (χ2n) is 6.08. The number of fused-ring (bicyclic) bond motifs is 1. The van der Waals surface area contributed by atoms with Gasteiger partial charge in [-0.15, -0.1) is 0 Å². The van der Waals surface area contributed by atoms with Crippen molar-refractivity contribution in [1.82, 2.24) is 0 Å². The first kappa shape index (κ1) is 18.7. The third kappa shape index (κ3) is 4.57. The Morgan fingerprint density at radius 1 is 1.00 bits per heavy atom. The molecule has 3 rings (SSSR count). The Morgan fingerprint density at radius 2 is 1.67 bits per heavy atom. The van der Waals surface area contributed by atoms with Gasteiger partial charge in [0.25, 0.3) is 0 Å². The lowest BCUT2D eigenvalue weighted by atomic mass is 10.1. The molecule has 1 amide bonds. The summed E-state index contributed by atoms with van der Waals surface area (Å²) in [5, 5.41) is 4.81. The first-order chi connectivity index (χ1) is 12.9. The predicted octanol–water partition coefficient (Wildman–Crippen LogP) is 3.25. The van der Waals surface area contributed by atoms with E-state index in [0.29, 0.717) is 17.1 Å². The molecule has 0 aliphatic rings. The van der Waals surface area contributed by atoms with E-state index in [9.17, 15) is 13.2 Å². The number of anilines is 2. The van der Waals surface area contributed by atoms with Gasteiger partial charge < -0.3 is 10.1 Å². The lowest BCUT2D eigenvalue weighted by molar-refractivity contribution is -0.114. The van der Waals surface area contributed by atoms with E-state index in [0.717, 1.165) is 21.3 Å². The summed E-state index contributed by atoms with van der Waals surface area (Å²) in [4.78, 5) is 12.5. The molecule has 27 heavy (non-hydrogen) atoms. The maximum absolute atomic E-state index is 12.5. The number of carbonyl (C=O) groups excluding carboxylic acids is 1. The predicted molar refractivity (Wildman–Crippen MR) is 108 cm³/mol. The van der Waals surface area contributed by atoms with Crippen molar-refractivity contribution in [2.75, 3.05) is 29.5 Å². The Balaban J connectivity index is 1.79. The molecule has 0 saturated carbocycles. The van der Waals surface area contributed by atoms with Crippen molar-refractivity contribution >= 4 is 38.1 Å². The lowest BCUT2D eigenvalue weighted by Gasteiger charge is -2.22. The molecule has 0 spiro atoms. The average Bonchev–Trinajstić information content (AvgIpc) is 2.65. The van der Waals surface area contributed by atoms with Gasteiger partial charge in [0.05, 0.1) is 19.1 Å². The van der Waals surface area contributed by atoms with Gasteiger partial charge in [-0.25, -0.2) is 8.42 Å². The van der Waals surface area contributed by atoms with E-state index in [1.54, 1.807) is 30.3 Å². The van der Waals surface area contributed by atoms with Gasteiger partial charge in [0.1, 0.15) is 12.3 Å². The number of carbonyl (C=O) groups is 1. The normalized spacial score (nSPS) is 11.2. The number of hydrogen-bond donors (Lipinski definition) is 1. The minimum atomic E-state index is -3.63. The van der Waals surface area contributed by atoms with Crippen LogP contribution in [0, 0.1) is 0 Å². The molecule has 0 radical (unpaired) electrons. The summed E-state index contributed by atoms with van der Waals surface area (Å²) in [7, 11) is -2.10.